The second-order valence-electron chi connectivity index (χ2n) is 7.51. The average molecular weight is 358 g/mol. The Hall–Kier alpha value is -1.92. The fourth-order valence-electron chi connectivity index (χ4n) is 4.00. The van der Waals surface area contributed by atoms with Gasteiger partial charge in [-0.1, -0.05) is 19.3 Å². The van der Waals surface area contributed by atoms with Gasteiger partial charge in [-0.2, -0.15) is 0 Å². The number of piperidine rings is 1. The molecule has 1 aromatic rings. The molecule has 0 aromatic carbocycles. The Bertz CT molecular complexity index is 588. The number of hydrogen-bond donors (Lipinski definition) is 3. The van der Waals surface area contributed by atoms with E-state index < -0.39 is 5.91 Å². The van der Waals surface area contributed by atoms with Crippen molar-refractivity contribution < 1.29 is 10.0 Å². The molecule has 3 N–H and O–H groups in total. The first-order chi connectivity index (χ1) is 12.7. The first-order valence-corrected chi connectivity index (χ1v) is 9.80. The number of nitrogens with zero attached hydrogens (tertiary/aromatic N) is 2. The molecule has 1 aliphatic heterocycles. The lowest BCUT2D eigenvalue weighted by atomic mass is 9.88. The molecule has 0 atom stereocenters. The number of anilines is 1. The highest BCUT2D eigenvalue weighted by Gasteiger charge is 2.22. The van der Waals surface area contributed by atoms with E-state index in [-0.39, 0.29) is 0 Å². The second kappa shape index (κ2) is 9.69. The highest BCUT2D eigenvalue weighted by Crippen LogP contribution is 2.26. The van der Waals surface area contributed by atoms with Crippen LogP contribution in [0.2, 0.25) is 0 Å². The Labute approximate surface area is 155 Å². The molecule has 2 fully saturated rings. The van der Waals surface area contributed by atoms with Crippen LogP contribution in [0.15, 0.2) is 24.4 Å². The first kappa shape index (κ1) is 18.9. The van der Waals surface area contributed by atoms with Crippen molar-refractivity contribution in [1.29, 1.82) is 0 Å². The minimum absolute atomic E-state index is 0.478. The third-order valence-electron chi connectivity index (χ3n) is 5.50. The van der Waals surface area contributed by atoms with Gasteiger partial charge >= 0.3 is 0 Å². The Morgan fingerprint density at radius 3 is 2.62 bits per heavy atom. The van der Waals surface area contributed by atoms with Crippen molar-refractivity contribution in [2.75, 3.05) is 25.0 Å². The van der Waals surface area contributed by atoms with E-state index in [2.05, 4.69) is 15.2 Å². The van der Waals surface area contributed by atoms with E-state index in [1.54, 1.807) is 17.8 Å². The monoisotopic (exact) mass is 358 g/mol. The van der Waals surface area contributed by atoms with Crippen molar-refractivity contribution in [3.63, 3.8) is 0 Å². The largest absolute Gasteiger partial charge is 0.367 e. The van der Waals surface area contributed by atoms with Gasteiger partial charge in [-0.3, -0.25) is 10.0 Å². The van der Waals surface area contributed by atoms with Crippen molar-refractivity contribution in [2.45, 2.75) is 51.0 Å². The topological polar surface area (TPSA) is 77.5 Å². The minimum atomic E-state index is -0.549. The highest BCUT2D eigenvalue weighted by molar-refractivity contribution is 5.90. The van der Waals surface area contributed by atoms with E-state index in [1.807, 2.05) is 12.1 Å². The van der Waals surface area contributed by atoms with E-state index in [1.165, 1.54) is 57.8 Å². The molecule has 1 saturated carbocycles. The molecule has 0 unspecified atom stereocenters. The molecule has 0 spiro atoms. The summed E-state index contributed by atoms with van der Waals surface area (Å²) in [7, 11) is 0. The molecule has 1 amide bonds. The molecule has 3 rings (SSSR count). The lowest BCUT2D eigenvalue weighted by Gasteiger charge is -2.35. The molecule has 1 aromatic heterocycles. The molecule has 2 heterocycles. The van der Waals surface area contributed by atoms with Crippen LogP contribution in [0.5, 0.6) is 0 Å². The third kappa shape index (κ3) is 5.81. The van der Waals surface area contributed by atoms with Crippen LogP contribution in [0.4, 0.5) is 5.82 Å². The maximum Gasteiger partial charge on any atom is 0.267 e. The average Bonchev–Trinajstić information content (AvgIpc) is 2.69. The number of rotatable bonds is 6. The second-order valence-corrected chi connectivity index (χ2v) is 7.51. The lowest BCUT2D eigenvalue weighted by molar-refractivity contribution is -0.124. The van der Waals surface area contributed by atoms with Gasteiger partial charge in [0.05, 0.1) is 0 Å². The zero-order valence-electron chi connectivity index (χ0n) is 15.4. The molecule has 142 valence electrons. The quantitative estimate of drug-likeness (QED) is 0.414. The van der Waals surface area contributed by atoms with Gasteiger partial charge in [0.15, 0.2) is 0 Å². The Morgan fingerprint density at radius 2 is 1.96 bits per heavy atom. The fourth-order valence-corrected chi connectivity index (χ4v) is 4.00. The normalized spacial score (nSPS) is 20.3. The first-order valence-electron chi connectivity index (χ1n) is 9.80. The predicted octanol–water partition coefficient (Wildman–Crippen LogP) is 3.06. The van der Waals surface area contributed by atoms with E-state index in [4.69, 9.17) is 5.21 Å². The number of nitrogens with one attached hydrogen (secondary N) is 2. The Morgan fingerprint density at radius 1 is 1.19 bits per heavy atom. The van der Waals surface area contributed by atoms with Gasteiger partial charge in [0.1, 0.15) is 5.82 Å². The van der Waals surface area contributed by atoms with Crippen LogP contribution in [0.25, 0.3) is 6.08 Å². The molecular weight excluding hydrogens is 328 g/mol. The van der Waals surface area contributed by atoms with E-state index >= 15 is 0 Å². The van der Waals surface area contributed by atoms with Crippen molar-refractivity contribution in [2.24, 2.45) is 5.92 Å². The summed E-state index contributed by atoms with van der Waals surface area (Å²) in [5, 5.41) is 12.0. The van der Waals surface area contributed by atoms with Crippen molar-refractivity contribution in [3.8, 4) is 0 Å². The Kier molecular flexibility index (Phi) is 7.03. The number of aromatic nitrogens is 1. The van der Waals surface area contributed by atoms with Crippen molar-refractivity contribution in [3.05, 3.63) is 30.0 Å². The standard InChI is InChI=1S/C20H30N4O2/c25-20(23-26)9-7-16-6-8-19(21-14-16)22-18-10-12-24(13-11-18)15-17-4-2-1-3-5-17/h6-9,14,17-18,26H,1-5,10-13,15H2,(H,21,22)(H,23,25)/b9-7+. The van der Waals surface area contributed by atoms with Crippen LogP contribution in [0.3, 0.4) is 0 Å². The number of carbonyl (C=O) groups excluding carboxylic acids is 1. The smallest absolute Gasteiger partial charge is 0.267 e. The summed E-state index contributed by atoms with van der Waals surface area (Å²) in [6.45, 7) is 3.63. The molecule has 0 bridgehead atoms. The molecule has 1 saturated heterocycles. The summed E-state index contributed by atoms with van der Waals surface area (Å²) in [5.74, 6) is 1.25. The van der Waals surface area contributed by atoms with Crippen LogP contribution in [-0.4, -0.2) is 46.7 Å². The van der Waals surface area contributed by atoms with Gasteiger partial charge in [-0.25, -0.2) is 10.5 Å². The van der Waals surface area contributed by atoms with Crippen molar-refractivity contribution in [1.82, 2.24) is 15.4 Å². The van der Waals surface area contributed by atoms with Crippen LogP contribution in [0, 0.1) is 5.92 Å². The van der Waals surface area contributed by atoms with E-state index in [0.29, 0.717) is 6.04 Å². The number of hydroxylamine groups is 1. The van der Waals surface area contributed by atoms with Crippen molar-refractivity contribution >= 4 is 17.8 Å². The summed E-state index contributed by atoms with van der Waals surface area (Å²) in [5.41, 5.74) is 2.39. The van der Waals surface area contributed by atoms with Gasteiger partial charge in [-0.15, -0.1) is 0 Å². The highest BCUT2D eigenvalue weighted by atomic mass is 16.5. The molecule has 26 heavy (non-hydrogen) atoms. The van der Waals surface area contributed by atoms with Crippen LogP contribution in [-0.2, 0) is 4.79 Å². The molecule has 0 radical (unpaired) electrons. The zero-order valence-corrected chi connectivity index (χ0v) is 15.4. The number of carbonyl (C=O) groups is 1. The maximum absolute atomic E-state index is 11.0. The summed E-state index contributed by atoms with van der Waals surface area (Å²) in [6.07, 6.45) is 14.0. The van der Waals surface area contributed by atoms with Crippen LogP contribution >= 0.6 is 0 Å². The molecule has 1 aliphatic carbocycles. The number of pyridine rings is 1. The maximum atomic E-state index is 11.0. The fraction of sp³-hybridized carbons (Fsp3) is 0.600. The summed E-state index contributed by atoms with van der Waals surface area (Å²) in [6, 6.07) is 4.33. The van der Waals surface area contributed by atoms with Gasteiger partial charge in [0, 0.05) is 37.9 Å². The lowest BCUT2D eigenvalue weighted by Crippen LogP contribution is -2.41. The van der Waals surface area contributed by atoms with E-state index in [0.717, 1.165) is 30.1 Å². The third-order valence-corrected chi connectivity index (χ3v) is 5.50. The number of likely N-dealkylation sites (tertiary alicyclic amines) is 1. The minimum Gasteiger partial charge on any atom is -0.367 e. The number of hydrogen-bond acceptors (Lipinski definition) is 5. The van der Waals surface area contributed by atoms with E-state index in [9.17, 15) is 4.79 Å². The summed E-state index contributed by atoms with van der Waals surface area (Å²) >= 11 is 0. The number of amides is 1. The van der Waals surface area contributed by atoms with Crippen LogP contribution in [0.1, 0.15) is 50.5 Å². The predicted molar refractivity (Wildman–Crippen MR) is 103 cm³/mol. The Balaban J connectivity index is 1.41. The van der Waals surface area contributed by atoms with Crippen LogP contribution < -0.4 is 10.8 Å². The molecular formula is C20H30N4O2. The van der Waals surface area contributed by atoms with Gasteiger partial charge in [0.25, 0.3) is 5.91 Å². The van der Waals surface area contributed by atoms with Gasteiger partial charge < -0.3 is 10.2 Å². The SMILES string of the molecule is O=C(/C=C/c1ccc(NC2CCN(CC3CCCCC3)CC2)nc1)NO. The zero-order chi connectivity index (χ0) is 18.2. The summed E-state index contributed by atoms with van der Waals surface area (Å²) in [4.78, 5) is 18.0. The molecule has 6 heteroatoms. The molecule has 2 aliphatic rings. The molecule has 6 nitrogen and oxygen atoms in total. The van der Waals surface area contributed by atoms with Gasteiger partial charge in [-0.05, 0) is 55.4 Å². The van der Waals surface area contributed by atoms with Gasteiger partial charge in [0.2, 0.25) is 0 Å². The summed E-state index contributed by atoms with van der Waals surface area (Å²) < 4.78 is 0.